The first-order valence-electron chi connectivity index (χ1n) is 5.81. The molecule has 1 rings (SSSR count). The van der Waals surface area contributed by atoms with Crippen molar-refractivity contribution in [1.29, 1.82) is 0 Å². The van der Waals surface area contributed by atoms with Gasteiger partial charge in [0.25, 0.3) is 0 Å². The fourth-order valence-corrected chi connectivity index (χ4v) is 2.13. The largest absolute Gasteiger partial charge is 0.411 e. The molecule has 0 aliphatic heterocycles. The maximum absolute atomic E-state index is 12.0. The van der Waals surface area contributed by atoms with Crippen LogP contribution in [0.5, 0.6) is 0 Å². The fourth-order valence-electron chi connectivity index (χ4n) is 2.13. The number of alkyl halides is 3. The molecule has 2 atom stereocenters. The average molecular weight is 239 g/mol. The number of nitrogens with one attached hydrogen (secondary N) is 1. The Balaban J connectivity index is 2.27. The molecule has 1 aliphatic rings. The Morgan fingerprint density at radius 3 is 2.56 bits per heavy atom. The number of halogens is 3. The van der Waals surface area contributed by atoms with Gasteiger partial charge in [-0.25, -0.2) is 0 Å². The Morgan fingerprint density at radius 1 is 1.31 bits per heavy atom. The van der Waals surface area contributed by atoms with Gasteiger partial charge in [0, 0.05) is 12.1 Å². The van der Waals surface area contributed by atoms with E-state index >= 15 is 0 Å². The maximum atomic E-state index is 12.0. The Kier molecular flexibility index (Phi) is 5.05. The molecular weight excluding hydrogens is 219 g/mol. The van der Waals surface area contributed by atoms with Crippen LogP contribution in [-0.2, 0) is 4.74 Å². The lowest BCUT2D eigenvalue weighted by Crippen LogP contribution is -2.41. The van der Waals surface area contributed by atoms with Crippen molar-refractivity contribution in [3.63, 3.8) is 0 Å². The molecule has 0 saturated heterocycles. The van der Waals surface area contributed by atoms with E-state index in [9.17, 15) is 13.2 Å². The van der Waals surface area contributed by atoms with Gasteiger partial charge in [0.1, 0.15) is 6.61 Å². The highest BCUT2D eigenvalue weighted by Gasteiger charge is 2.31. The molecule has 0 aromatic carbocycles. The van der Waals surface area contributed by atoms with Gasteiger partial charge < -0.3 is 10.1 Å². The van der Waals surface area contributed by atoms with E-state index in [1.807, 2.05) is 13.8 Å². The third-order valence-corrected chi connectivity index (χ3v) is 2.68. The van der Waals surface area contributed by atoms with Crippen molar-refractivity contribution in [1.82, 2.24) is 5.32 Å². The highest BCUT2D eigenvalue weighted by atomic mass is 19.4. The minimum Gasteiger partial charge on any atom is -0.369 e. The molecule has 5 heteroatoms. The van der Waals surface area contributed by atoms with Crippen LogP contribution in [0.25, 0.3) is 0 Å². The number of hydrogen-bond acceptors (Lipinski definition) is 2. The zero-order chi connectivity index (χ0) is 12.2. The summed E-state index contributed by atoms with van der Waals surface area (Å²) in [5.41, 5.74) is 0. The Bertz CT molecular complexity index is 206. The van der Waals surface area contributed by atoms with Gasteiger partial charge in [-0.1, -0.05) is 13.8 Å². The second kappa shape index (κ2) is 5.87. The summed E-state index contributed by atoms with van der Waals surface area (Å²) in [5.74, 6) is 0. The third-order valence-electron chi connectivity index (χ3n) is 2.68. The Hall–Kier alpha value is -0.290. The van der Waals surface area contributed by atoms with E-state index in [2.05, 4.69) is 5.32 Å². The summed E-state index contributed by atoms with van der Waals surface area (Å²) in [5, 5.41) is 3.35. The summed E-state index contributed by atoms with van der Waals surface area (Å²) in [7, 11) is 0. The standard InChI is InChI=1S/C11H20F3NO/c1-8(2)15-9-4-3-5-10(6-9)16-7-11(12,13)14/h8-10,15H,3-7H2,1-2H3. The van der Waals surface area contributed by atoms with Crippen LogP contribution in [0.15, 0.2) is 0 Å². The first-order chi connectivity index (χ1) is 7.37. The quantitative estimate of drug-likeness (QED) is 0.814. The number of hydrogen-bond donors (Lipinski definition) is 1. The molecule has 0 spiro atoms. The van der Waals surface area contributed by atoms with Crippen LogP contribution in [-0.4, -0.2) is 31.0 Å². The summed E-state index contributed by atoms with van der Waals surface area (Å²) < 4.78 is 40.8. The van der Waals surface area contributed by atoms with Gasteiger partial charge in [0.2, 0.25) is 0 Å². The van der Waals surface area contributed by atoms with Gasteiger partial charge in [-0.2, -0.15) is 13.2 Å². The van der Waals surface area contributed by atoms with Crippen LogP contribution in [0, 0.1) is 0 Å². The van der Waals surface area contributed by atoms with E-state index in [1.165, 1.54) is 0 Å². The third kappa shape index (κ3) is 5.70. The Labute approximate surface area is 94.5 Å². The van der Waals surface area contributed by atoms with Gasteiger partial charge in [0.05, 0.1) is 6.10 Å². The topological polar surface area (TPSA) is 21.3 Å². The maximum Gasteiger partial charge on any atom is 0.411 e. The number of ether oxygens (including phenoxy) is 1. The lowest BCUT2D eigenvalue weighted by atomic mass is 9.92. The summed E-state index contributed by atoms with van der Waals surface area (Å²) in [6, 6.07) is 0.665. The molecule has 96 valence electrons. The summed E-state index contributed by atoms with van der Waals surface area (Å²) in [6.45, 7) is 2.96. The molecular formula is C11H20F3NO. The highest BCUT2D eigenvalue weighted by Crippen LogP contribution is 2.24. The van der Waals surface area contributed by atoms with Gasteiger partial charge in [0.15, 0.2) is 0 Å². The lowest BCUT2D eigenvalue weighted by molar-refractivity contribution is -0.188. The smallest absolute Gasteiger partial charge is 0.369 e. The van der Waals surface area contributed by atoms with Gasteiger partial charge in [-0.05, 0) is 25.7 Å². The molecule has 0 aromatic heterocycles. The van der Waals surface area contributed by atoms with Crippen LogP contribution in [0.1, 0.15) is 39.5 Å². The normalized spacial score (nSPS) is 27.4. The molecule has 2 nitrogen and oxygen atoms in total. The molecule has 1 fully saturated rings. The van der Waals surface area contributed by atoms with Crippen LogP contribution < -0.4 is 5.32 Å². The predicted octanol–water partition coefficient (Wildman–Crippen LogP) is 2.87. The molecule has 0 radical (unpaired) electrons. The van der Waals surface area contributed by atoms with E-state index in [0.717, 1.165) is 19.3 Å². The van der Waals surface area contributed by atoms with Gasteiger partial charge in [-0.3, -0.25) is 0 Å². The minimum atomic E-state index is -4.21. The summed E-state index contributed by atoms with van der Waals surface area (Å²) in [6.07, 6.45) is -1.05. The minimum absolute atomic E-state index is 0.244. The zero-order valence-electron chi connectivity index (χ0n) is 9.81. The Morgan fingerprint density at radius 2 is 2.00 bits per heavy atom. The lowest BCUT2D eigenvalue weighted by Gasteiger charge is -2.31. The summed E-state index contributed by atoms with van der Waals surface area (Å²) >= 11 is 0. The monoisotopic (exact) mass is 239 g/mol. The molecule has 1 saturated carbocycles. The van der Waals surface area contributed by atoms with Crippen molar-refractivity contribution >= 4 is 0 Å². The summed E-state index contributed by atoms with van der Waals surface area (Å²) in [4.78, 5) is 0. The van der Waals surface area contributed by atoms with Gasteiger partial charge >= 0.3 is 6.18 Å². The highest BCUT2D eigenvalue weighted by molar-refractivity contribution is 4.79. The van der Waals surface area contributed by atoms with Gasteiger partial charge in [-0.15, -0.1) is 0 Å². The van der Waals surface area contributed by atoms with Crippen molar-refractivity contribution in [2.45, 2.75) is 63.9 Å². The second-order valence-corrected chi connectivity index (χ2v) is 4.73. The average Bonchev–Trinajstić information content (AvgIpc) is 2.13. The van der Waals surface area contributed by atoms with Crippen LogP contribution in [0.2, 0.25) is 0 Å². The van der Waals surface area contributed by atoms with Crippen LogP contribution in [0.3, 0.4) is 0 Å². The van der Waals surface area contributed by atoms with Crippen LogP contribution in [0.4, 0.5) is 13.2 Å². The predicted molar refractivity (Wildman–Crippen MR) is 56.3 cm³/mol. The van der Waals surface area contributed by atoms with E-state index in [0.29, 0.717) is 18.5 Å². The van der Waals surface area contributed by atoms with E-state index < -0.39 is 12.8 Å². The first-order valence-corrected chi connectivity index (χ1v) is 5.81. The molecule has 1 aliphatic carbocycles. The molecule has 0 heterocycles. The van der Waals surface area contributed by atoms with Crippen molar-refractivity contribution in [2.75, 3.05) is 6.61 Å². The van der Waals surface area contributed by atoms with Crippen molar-refractivity contribution in [2.24, 2.45) is 0 Å². The zero-order valence-corrected chi connectivity index (χ0v) is 9.81. The molecule has 2 unspecified atom stereocenters. The molecule has 1 N–H and O–H groups in total. The van der Waals surface area contributed by atoms with Crippen molar-refractivity contribution in [3.8, 4) is 0 Å². The molecule has 16 heavy (non-hydrogen) atoms. The second-order valence-electron chi connectivity index (χ2n) is 4.73. The molecule has 0 aromatic rings. The first kappa shape index (κ1) is 13.8. The van der Waals surface area contributed by atoms with Crippen LogP contribution >= 0.6 is 0 Å². The molecule has 0 bridgehead atoms. The van der Waals surface area contributed by atoms with Crippen molar-refractivity contribution in [3.05, 3.63) is 0 Å². The number of rotatable bonds is 4. The SMILES string of the molecule is CC(C)NC1CCCC(OCC(F)(F)F)C1. The molecule has 0 amide bonds. The van der Waals surface area contributed by atoms with E-state index in [1.54, 1.807) is 0 Å². The van der Waals surface area contributed by atoms with E-state index in [4.69, 9.17) is 4.74 Å². The van der Waals surface area contributed by atoms with E-state index in [-0.39, 0.29) is 6.10 Å². The fraction of sp³-hybridized carbons (Fsp3) is 1.00. The van der Waals surface area contributed by atoms with Crippen molar-refractivity contribution < 1.29 is 17.9 Å².